The van der Waals surface area contributed by atoms with Crippen LogP contribution in [0.25, 0.3) is 0 Å². The van der Waals surface area contributed by atoms with Gasteiger partial charge in [0.05, 0.1) is 6.54 Å². The summed E-state index contributed by atoms with van der Waals surface area (Å²) in [6.45, 7) is 9.62. The van der Waals surface area contributed by atoms with Gasteiger partial charge in [-0.25, -0.2) is 4.98 Å². The van der Waals surface area contributed by atoms with Crippen LogP contribution in [-0.4, -0.2) is 51.5 Å². The molecule has 0 radical (unpaired) electrons. The van der Waals surface area contributed by atoms with Gasteiger partial charge in [-0.2, -0.15) is 0 Å². The molecule has 4 rings (SSSR count). The smallest absolute Gasteiger partial charge is 0.138 e. The molecule has 0 unspecified atom stereocenters. The van der Waals surface area contributed by atoms with Gasteiger partial charge in [0.2, 0.25) is 0 Å². The molecule has 0 spiro atoms. The molecule has 0 aliphatic carbocycles. The van der Waals surface area contributed by atoms with E-state index in [0.717, 1.165) is 30.4 Å². The predicted octanol–water partition coefficient (Wildman–Crippen LogP) is 3.51. The van der Waals surface area contributed by atoms with Crippen LogP contribution in [0.2, 0.25) is 0 Å². The third-order valence-corrected chi connectivity index (χ3v) is 5.93. The fourth-order valence-corrected chi connectivity index (χ4v) is 3.89. The van der Waals surface area contributed by atoms with Gasteiger partial charge in [0, 0.05) is 32.0 Å². The second kappa shape index (κ2) is 9.54. The van der Waals surface area contributed by atoms with Crippen molar-refractivity contribution in [3.05, 3.63) is 77.4 Å². The van der Waals surface area contributed by atoms with Crippen molar-refractivity contribution in [1.29, 1.82) is 0 Å². The van der Waals surface area contributed by atoms with E-state index in [1.807, 2.05) is 37.4 Å². The number of likely N-dealkylation sites (tertiary alicyclic amines) is 1. The van der Waals surface area contributed by atoms with Gasteiger partial charge >= 0.3 is 0 Å². The van der Waals surface area contributed by atoms with E-state index in [2.05, 4.69) is 46.5 Å². The van der Waals surface area contributed by atoms with Gasteiger partial charge in [-0.05, 0) is 61.7 Å². The Bertz CT molecular complexity index is 1000. The van der Waals surface area contributed by atoms with Crippen LogP contribution in [0, 0.1) is 20.8 Å². The first-order chi connectivity index (χ1) is 15.0. The lowest BCUT2D eigenvalue weighted by atomic mass is 10.1. The molecule has 164 valence electrons. The zero-order chi connectivity index (χ0) is 21.8. The predicted molar refractivity (Wildman–Crippen MR) is 121 cm³/mol. The minimum atomic E-state index is -0.490. The Kier molecular flexibility index (Phi) is 6.59. The van der Waals surface area contributed by atoms with Crippen molar-refractivity contribution in [1.82, 2.24) is 14.5 Å². The third kappa shape index (κ3) is 5.46. The minimum absolute atomic E-state index is 0.212. The monoisotopic (exact) mass is 421 g/mol. The van der Waals surface area contributed by atoms with Crippen LogP contribution < -0.4 is 9.47 Å². The molecule has 0 saturated carbocycles. The highest BCUT2D eigenvalue weighted by molar-refractivity contribution is 5.34. The molecule has 1 aliphatic heterocycles. The highest BCUT2D eigenvalue weighted by Crippen LogP contribution is 2.23. The molecule has 1 N–H and O–H groups in total. The zero-order valence-corrected chi connectivity index (χ0v) is 18.5. The highest BCUT2D eigenvalue weighted by Gasteiger charge is 2.33. The van der Waals surface area contributed by atoms with Crippen LogP contribution in [0.3, 0.4) is 0 Å². The van der Waals surface area contributed by atoms with Crippen LogP contribution in [0.5, 0.6) is 11.5 Å². The van der Waals surface area contributed by atoms with Crippen LogP contribution >= 0.6 is 0 Å². The van der Waals surface area contributed by atoms with Crippen molar-refractivity contribution in [2.45, 2.75) is 46.1 Å². The lowest BCUT2D eigenvalue weighted by Crippen LogP contribution is -2.29. The van der Waals surface area contributed by atoms with Gasteiger partial charge in [-0.3, -0.25) is 4.90 Å². The Labute approximate surface area is 184 Å². The Hall–Kier alpha value is -2.83. The molecule has 1 saturated heterocycles. The highest BCUT2D eigenvalue weighted by atomic mass is 16.5. The van der Waals surface area contributed by atoms with Gasteiger partial charge < -0.3 is 19.1 Å². The van der Waals surface area contributed by atoms with E-state index in [0.29, 0.717) is 19.7 Å². The van der Waals surface area contributed by atoms with Crippen LogP contribution in [0.1, 0.15) is 22.5 Å². The summed E-state index contributed by atoms with van der Waals surface area (Å²) in [6.07, 6.45) is 3.06. The molecule has 0 amide bonds. The number of ether oxygens (including phenoxy) is 2. The summed E-state index contributed by atoms with van der Waals surface area (Å²) < 4.78 is 14.0. The van der Waals surface area contributed by atoms with Crippen molar-refractivity contribution < 1.29 is 14.6 Å². The van der Waals surface area contributed by atoms with E-state index in [-0.39, 0.29) is 6.10 Å². The van der Waals surface area contributed by atoms with Crippen LogP contribution in [0.4, 0.5) is 0 Å². The normalized spacial score (nSPS) is 19.0. The second-order valence-corrected chi connectivity index (χ2v) is 8.32. The number of imidazole rings is 1. The topological polar surface area (TPSA) is 59.8 Å². The van der Waals surface area contributed by atoms with Crippen LogP contribution in [-0.2, 0) is 13.1 Å². The van der Waals surface area contributed by atoms with Gasteiger partial charge in [0.1, 0.15) is 36.1 Å². The van der Waals surface area contributed by atoms with E-state index in [9.17, 15) is 5.11 Å². The van der Waals surface area contributed by atoms with Crippen molar-refractivity contribution in [2.24, 2.45) is 0 Å². The molecule has 0 bridgehead atoms. The lowest BCUT2D eigenvalue weighted by molar-refractivity contribution is 0.0736. The van der Waals surface area contributed by atoms with Gasteiger partial charge in [-0.1, -0.05) is 18.2 Å². The number of benzene rings is 2. The van der Waals surface area contributed by atoms with Crippen molar-refractivity contribution in [2.75, 3.05) is 19.7 Å². The standard InChI is InChI=1S/C25H31N3O3/c1-18-4-7-23(14-19(18)2)31-25-17-27(16-24(25)29)15-21-5-8-22(9-6-21)30-13-12-28-11-10-26-20(28)3/h4-11,14,24-25,29H,12-13,15-17H2,1-3H3/t24-,25-/m0/s1. The fraction of sp³-hybridized carbons (Fsp3) is 0.400. The minimum Gasteiger partial charge on any atom is -0.492 e. The largest absolute Gasteiger partial charge is 0.492 e. The molecule has 1 aromatic heterocycles. The number of hydrogen-bond donors (Lipinski definition) is 1. The van der Waals surface area contributed by atoms with Gasteiger partial charge in [0.15, 0.2) is 0 Å². The Balaban J connectivity index is 1.26. The van der Waals surface area contributed by atoms with Gasteiger partial charge in [-0.15, -0.1) is 0 Å². The number of aryl methyl sites for hydroxylation is 3. The summed E-state index contributed by atoms with van der Waals surface area (Å²) in [4.78, 5) is 6.45. The Morgan fingerprint density at radius 3 is 2.48 bits per heavy atom. The summed E-state index contributed by atoms with van der Waals surface area (Å²) in [5, 5.41) is 10.5. The molecule has 2 heterocycles. The van der Waals surface area contributed by atoms with E-state index in [1.165, 1.54) is 16.7 Å². The second-order valence-electron chi connectivity index (χ2n) is 8.32. The number of β-amino-alcohol motifs (C(OH)–C–C–N with tert-alkyl or cyclic N) is 1. The van der Waals surface area contributed by atoms with E-state index in [1.54, 1.807) is 6.20 Å². The first-order valence-electron chi connectivity index (χ1n) is 10.8. The van der Waals surface area contributed by atoms with E-state index in [4.69, 9.17) is 9.47 Å². The Morgan fingerprint density at radius 1 is 1.00 bits per heavy atom. The molecule has 3 aromatic rings. The molecule has 31 heavy (non-hydrogen) atoms. The summed E-state index contributed by atoms with van der Waals surface area (Å²) in [7, 11) is 0. The number of hydrogen-bond acceptors (Lipinski definition) is 5. The maximum Gasteiger partial charge on any atom is 0.138 e. The number of rotatable bonds is 8. The summed E-state index contributed by atoms with van der Waals surface area (Å²) in [6, 6.07) is 14.3. The Morgan fingerprint density at radius 2 is 1.77 bits per heavy atom. The molecule has 6 heteroatoms. The fourth-order valence-electron chi connectivity index (χ4n) is 3.89. The summed E-state index contributed by atoms with van der Waals surface area (Å²) in [5.41, 5.74) is 3.63. The van der Waals surface area contributed by atoms with E-state index < -0.39 is 6.10 Å². The first kappa shape index (κ1) is 21.4. The third-order valence-electron chi connectivity index (χ3n) is 5.93. The lowest BCUT2D eigenvalue weighted by Gasteiger charge is -2.18. The molecule has 2 atom stereocenters. The maximum absolute atomic E-state index is 10.5. The molecular formula is C25H31N3O3. The molecule has 2 aromatic carbocycles. The van der Waals surface area contributed by atoms with Crippen LogP contribution in [0.15, 0.2) is 54.9 Å². The average molecular weight is 422 g/mol. The van der Waals surface area contributed by atoms with Crippen molar-refractivity contribution >= 4 is 0 Å². The SMILES string of the molecule is Cc1ccc(O[C@H]2CN(Cc3ccc(OCCn4ccnc4C)cc3)C[C@@H]2O)cc1C. The molecule has 6 nitrogen and oxygen atoms in total. The molecule has 1 aliphatic rings. The molecular weight excluding hydrogens is 390 g/mol. The number of aliphatic hydroxyl groups excluding tert-OH is 1. The summed E-state index contributed by atoms with van der Waals surface area (Å²) in [5.74, 6) is 2.67. The van der Waals surface area contributed by atoms with E-state index >= 15 is 0 Å². The quantitative estimate of drug-likeness (QED) is 0.603. The van der Waals surface area contributed by atoms with Gasteiger partial charge in [0.25, 0.3) is 0 Å². The summed E-state index contributed by atoms with van der Waals surface area (Å²) >= 11 is 0. The number of aromatic nitrogens is 2. The number of nitrogens with zero attached hydrogens (tertiary/aromatic N) is 3. The first-order valence-corrected chi connectivity index (χ1v) is 10.8. The van der Waals surface area contributed by atoms with Crippen molar-refractivity contribution in [3.8, 4) is 11.5 Å². The molecule has 1 fully saturated rings. The number of aliphatic hydroxyl groups is 1. The van der Waals surface area contributed by atoms with Crippen molar-refractivity contribution in [3.63, 3.8) is 0 Å². The maximum atomic E-state index is 10.5. The zero-order valence-electron chi connectivity index (χ0n) is 18.5. The average Bonchev–Trinajstić information content (AvgIpc) is 3.31.